The van der Waals surface area contributed by atoms with E-state index in [1.807, 2.05) is 12.1 Å². The Kier molecular flexibility index (Phi) is 5.30. The van der Waals surface area contributed by atoms with Crippen LogP contribution in [-0.2, 0) is 6.54 Å². The smallest absolute Gasteiger partial charge is 0.0546 e. The van der Waals surface area contributed by atoms with E-state index in [1.165, 1.54) is 11.3 Å². The van der Waals surface area contributed by atoms with Gasteiger partial charge in [0.15, 0.2) is 0 Å². The highest BCUT2D eigenvalue weighted by molar-refractivity contribution is 6.30. The summed E-state index contributed by atoms with van der Waals surface area (Å²) >= 11 is 6.14. The van der Waals surface area contributed by atoms with Crippen molar-refractivity contribution in [3.63, 3.8) is 0 Å². The van der Waals surface area contributed by atoms with Gasteiger partial charge >= 0.3 is 0 Å². The van der Waals surface area contributed by atoms with E-state index in [1.54, 1.807) is 0 Å². The number of rotatable bonds is 6. The van der Waals surface area contributed by atoms with E-state index in [-0.39, 0.29) is 6.10 Å². The molecule has 1 fully saturated rings. The molecular formula is C16H25ClN2O. The monoisotopic (exact) mass is 296 g/mol. The number of halogens is 1. The molecule has 4 heteroatoms. The van der Waals surface area contributed by atoms with Crippen LogP contribution in [0, 0.1) is 5.92 Å². The molecule has 0 atom stereocenters. The molecule has 0 unspecified atom stereocenters. The highest BCUT2D eigenvalue weighted by atomic mass is 35.5. The molecule has 1 aromatic carbocycles. The first-order chi connectivity index (χ1) is 9.45. The minimum atomic E-state index is -0.0881. The lowest BCUT2D eigenvalue weighted by Gasteiger charge is -2.36. The van der Waals surface area contributed by atoms with Gasteiger partial charge in [-0.05, 0) is 36.5 Å². The first-order valence-corrected chi connectivity index (χ1v) is 7.74. The van der Waals surface area contributed by atoms with Gasteiger partial charge in [-0.1, -0.05) is 31.5 Å². The third-order valence-electron chi connectivity index (χ3n) is 3.90. The lowest BCUT2D eigenvalue weighted by molar-refractivity contribution is 0.0464. The fraction of sp³-hybridized carbons (Fsp3) is 0.625. The predicted molar refractivity (Wildman–Crippen MR) is 85.4 cm³/mol. The SMILES string of the molecule is CC(C)NCc1ccc(Cl)cc1N(C)CC1CC(O)C1. The van der Waals surface area contributed by atoms with Crippen LogP contribution in [0.4, 0.5) is 5.69 Å². The Morgan fingerprint density at radius 2 is 2.10 bits per heavy atom. The van der Waals surface area contributed by atoms with Crippen LogP contribution in [0.5, 0.6) is 0 Å². The van der Waals surface area contributed by atoms with Crippen molar-refractivity contribution >= 4 is 17.3 Å². The number of nitrogens with zero attached hydrogens (tertiary/aromatic N) is 1. The average molecular weight is 297 g/mol. The van der Waals surface area contributed by atoms with Gasteiger partial charge in [0.05, 0.1) is 6.10 Å². The third kappa shape index (κ3) is 4.11. The van der Waals surface area contributed by atoms with Crippen LogP contribution in [0.2, 0.25) is 5.02 Å². The van der Waals surface area contributed by atoms with Gasteiger partial charge in [-0.15, -0.1) is 0 Å². The Balaban J connectivity index is 2.05. The van der Waals surface area contributed by atoms with Gasteiger partial charge < -0.3 is 15.3 Å². The maximum Gasteiger partial charge on any atom is 0.0546 e. The minimum absolute atomic E-state index is 0.0881. The summed E-state index contributed by atoms with van der Waals surface area (Å²) in [6.45, 7) is 6.12. The minimum Gasteiger partial charge on any atom is -0.393 e. The summed E-state index contributed by atoms with van der Waals surface area (Å²) in [7, 11) is 2.11. The molecule has 3 nitrogen and oxygen atoms in total. The number of aliphatic hydroxyl groups is 1. The molecule has 1 saturated carbocycles. The molecule has 1 aliphatic carbocycles. The van der Waals surface area contributed by atoms with Crippen molar-refractivity contribution in [2.24, 2.45) is 5.92 Å². The molecule has 0 saturated heterocycles. The maximum absolute atomic E-state index is 9.40. The molecule has 0 amide bonds. The summed E-state index contributed by atoms with van der Waals surface area (Å²) in [5, 5.41) is 13.6. The summed E-state index contributed by atoms with van der Waals surface area (Å²) < 4.78 is 0. The summed E-state index contributed by atoms with van der Waals surface area (Å²) in [5.41, 5.74) is 2.46. The van der Waals surface area contributed by atoms with Crippen LogP contribution >= 0.6 is 11.6 Å². The number of hydrogen-bond acceptors (Lipinski definition) is 3. The number of nitrogens with one attached hydrogen (secondary N) is 1. The summed E-state index contributed by atoms with van der Waals surface area (Å²) in [6, 6.07) is 6.54. The molecule has 0 bridgehead atoms. The van der Waals surface area contributed by atoms with Crippen molar-refractivity contribution < 1.29 is 5.11 Å². The summed E-state index contributed by atoms with van der Waals surface area (Å²) in [5.74, 6) is 0.597. The molecule has 0 spiro atoms. The number of benzene rings is 1. The third-order valence-corrected chi connectivity index (χ3v) is 4.14. The Hall–Kier alpha value is -0.770. The summed E-state index contributed by atoms with van der Waals surface area (Å²) in [6.07, 6.45) is 1.75. The largest absolute Gasteiger partial charge is 0.393 e. The van der Waals surface area contributed by atoms with Gasteiger partial charge in [0, 0.05) is 36.9 Å². The second kappa shape index (κ2) is 6.79. The zero-order valence-corrected chi connectivity index (χ0v) is 13.3. The van der Waals surface area contributed by atoms with Crippen molar-refractivity contribution in [3.8, 4) is 0 Å². The molecule has 0 aliphatic heterocycles. The highest BCUT2D eigenvalue weighted by Crippen LogP contribution is 2.31. The van der Waals surface area contributed by atoms with Crippen molar-refractivity contribution in [3.05, 3.63) is 28.8 Å². The van der Waals surface area contributed by atoms with Crippen LogP contribution in [0.15, 0.2) is 18.2 Å². The van der Waals surface area contributed by atoms with Crippen molar-refractivity contribution in [2.75, 3.05) is 18.5 Å². The fourth-order valence-corrected chi connectivity index (χ4v) is 2.86. The fourth-order valence-electron chi connectivity index (χ4n) is 2.69. The second-order valence-electron chi connectivity index (χ2n) is 6.18. The molecule has 0 aromatic heterocycles. The molecule has 1 aromatic rings. The topological polar surface area (TPSA) is 35.5 Å². The second-order valence-corrected chi connectivity index (χ2v) is 6.62. The molecule has 0 radical (unpaired) electrons. The van der Waals surface area contributed by atoms with Gasteiger partial charge in [-0.2, -0.15) is 0 Å². The predicted octanol–water partition coefficient (Wildman–Crippen LogP) is 3.05. The number of hydrogen-bond donors (Lipinski definition) is 2. The molecule has 20 heavy (non-hydrogen) atoms. The number of aliphatic hydroxyl groups excluding tert-OH is 1. The molecule has 2 N–H and O–H groups in total. The lowest BCUT2D eigenvalue weighted by Crippen LogP contribution is -2.37. The highest BCUT2D eigenvalue weighted by Gasteiger charge is 2.28. The van der Waals surface area contributed by atoms with E-state index in [4.69, 9.17) is 11.6 Å². The zero-order valence-electron chi connectivity index (χ0n) is 12.6. The molecule has 2 rings (SSSR count). The van der Waals surface area contributed by atoms with E-state index < -0.39 is 0 Å². The Bertz CT molecular complexity index is 444. The summed E-state index contributed by atoms with van der Waals surface area (Å²) in [4.78, 5) is 2.26. The van der Waals surface area contributed by atoms with Gasteiger partial charge in [-0.3, -0.25) is 0 Å². The van der Waals surface area contributed by atoms with Gasteiger partial charge in [-0.25, -0.2) is 0 Å². The van der Waals surface area contributed by atoms with Gasteiger partial charge in [0.1, 0.15) is 0 Å². The molecule has 0 heterocycles. The quantitative estimate of drug-likeness (QED) is 0.847. The van der Waals surface area contributed by atoms with Crippen LogP contribution in [0.25, 0.3) is 0 Å². The first kappa shape index (κ1) is 15.6. The van der Waals surface area contributed by atoms with E-state index >= 15 is 0 Å². The van der Waals surface area contributed by atoms with Gasteiger partial charge in [0.2, 0.25) is 0 Å². The van der Waals surface area contributed by atoms with Crippen molar-refractivity contribution in [2.45, 2.75) is 45.4 Å². The van der Waals surface area contributed by atoms with E-state index in [2.05, 4.69) is 37.2 Å². The Labute approximate surface area is 126 Å². The van der Waals surface area contributed by atoms with Crippen LogP contribution in [0.1, 0.15) is 32.3 Å². The average Bonchev–Trinajstić information content (AvgIpc) is 2.35. The van der Waals surface area contributed by atoms with Crippen LogP contribution < -0.4 is 10.2 Å². The Morgan fingerprint density at radius 3 is 2.70 bits per heavy atom. The maximum atomic E-state index is 9.40. The van der Waals surface area contributed by atoms with Crippen LogP contribution in [0.3, 0.4) is 0 Å². The number of anilines is 1. The van der Waals surface area contributed by atoms with E-state index in [9.17, 15) is 5.11 Å². The Morgan fingerprint density at radius 1 is 1.40 bits per heavy atom. The first-order valence-electron chi connectivity index (χ1n) is 7.36. The van der Waals surface area contributed by atoms with E-state index in [0.717, 1.165) is 31.0 Å². The molecule has 112 valence electrons. The van der Waals surface area contributed by atoms with E-state index in [0.29, 0.717) is 12.0 Å². The molecule has 1 aliphatic rings. The molecular weight excluding hydrogens is 272 g/mol. The van der Waals surface area contributed by atoms with Crippen molar-refractivity contribution in [1.82, 2.24) is 5.32 Å². The lowest BCUT2D eigenvalue weighted by atomic mass is 9.82. The standard InChI is InChI=1S/C16H25ClN2O/c1-11(2)18-9-13-4-5-14(17)8-16(13)19(3)10-12-6-15(20)7-12/h4-5,8,11-12,15,18,20H,6-7,9-10H2,1-3H3. The zero-order chi connectivity index (χ0) is 14.7. The van der Waals surface area contributed by atoms with Crippen LogP contribution in [-0.4, -0.2) is 30.8 Å². The normalized spacial score (nSPS) is 21.9. The van der Waals surface area contributed by atoms with Crippen molar-refractivity contribution in [1.29, 1.82) is 0 Å². The van der Waals surface area contributed by atoms with Gasteiger partial charge in [0.25, 0.3) is 0 Å².